The molecule has 0 aliphatic carbocycles. The van der Waals surface area contributed by atoms with Crippen LogP contribution in [-0.4, -0.2) is 33.0 Å². The first-order valence-corrected chi connectivity index (χ1v) is 7.70. The Bertz CT molecular complexity index is 756. The molecule has 0 bridgehead atoms. The van der Waals surface area contributed by atoms with Crippen LogP contribution in [0.5, 0.6) is 0 Å². The number of nitrogens with one attached hydrogen (secondary N) is 1. The molecule has 25 heavy (non-hydrogen) atoms. The molecule has 0 aliphatic rings. The van der Waals surface area contributed by atoms with Crippen molar-refractivity contribution >= 4 is 5.91 Å². The van der Waals surface area contributed by atoms with Gasteiger partial charge in [0.15, 0.2) is 5.69 Å². The van der Waals surface area contributed by atoms with Gasteiger partial charge < -0.3 is 11.1 Å². The molecule has 0 spiro atoms. The zero-order chi connectivity index (χ0) is 18.8. The number of para-hydroxylation sites is 1. The molecule has 1 aromatic carbocycles. The number of carbonyl (C=O) groups is 1. The van der Waals surface area contributed by atoms with Crippen molar-refractivity contribution in [2.24, 2.45) is 11.7 Å². The topological polar surface area (TPSA) is 85.8 Å². The molecular weight excluding hydrogens is 335 g/mol. The first-order valence-electron chi connectivity index (χ1n) is 7.70. The molecule has 0 fully saturated rings. The van der Waals surface area contributed by atoms with Crippen molar-refractivity contribution in [3.63, 3.8) is 0 Å². The largest absolute Gasteiger partial charge is 0.418 e. The second kappa shape index (κ2) is 6.83. The lowest BCUT2D eigenvalue weighted by molar-refractivity contribution is -0.137. The molecule has 0 saturated heterocycles. The van der Waals surface area contributed by atoms with Crippen LogP contribution in [0.4, 0.5) is 13.2 Å². The quantitative estimate of drug-likeness (QED) is 0.862. The predicted molar refractivity (Wildman–Crippen MR) is 86.1 cm³/mol. The number of nitrogens with zero attached hydrogens (tertiary/aromatic N) is 3. The van der Waals surface area contributed by atoms with Gasteiger partial charge in [-0.2, -0.15) is 13.2 Å². The third-order valence-electron chi connectivity index (χ3n) is 4.28. The van der Waals surface area contributed by atoms with E-state index in [0.29, 0.717) is 0 Å². The average Bonchev–Trinajstić information content (AvgIpc) is 3.03. The Morgan fingerprint density at radius 1 is 1.32 bits per heavy atom. The number of aromatic nitrogens is 3. The Balaban J connectivity index is 2.31. The van der Waals surface area contributed by atoms with Crippen molar-refractivity contribution in [3.05, 3.63) is 41.7 Å². The molecule has 2 aromatic rings. The molecule has 3 N–H and O–H groups in total. The van der Waals surface area contributed by atoms with Crippen LogP contribution in [0.3, 0.4) is 0 Å². The lowest BCUT2D eigenvalue weighted by atomic mass is 9.88. The van der Waals surface area contributed by atoms with Crippen molar-refractivity contribution < 1.29 is 18.0 Å². The van der Waals surface area contributed by atoms with Crippen LogP contribution >= 0.6 is 0 Å². The number of hydrogen-bond acceptors (Lipinski definition) is 4. The average molecular weight is 355 g/mol. The highest BCUT2D eigenvalue weighted by Gasteiger charge is 2.34. The summed E-state index contributed by atoms with van der Waals surface area (Å²) in [6.07, 6.45) is -3.38. The molecule has 1 atom stereocenters. The number of hydrogen-bond donors (Lipinski definition) is 2. The fourth-order valence-electron chi connectivity index (χ4n) is 2.15. The standard InChI is InChI=1S/C16H20F3N5O/c1-10(2)15(3,9-20)21-14(25)12-8-24(23-22-12)13-7-5-4-6-11(13)16(17,18)19/h4-8,10H,9,20H2,1-3H3,(H,21,25). The van der Waals surface area contributed by atoms with Crippen LogP contribution in [0, 0.1) is 5.92 Å². The molecule has 136 valence electrons. The van der Waals surface area contributed by atoms with Gasteiger partial charge in [-0.05, 0) is 25.0 Å². The van der Waals surface area contributed by atoms with E-state index in [1.54, 1.807) is 6.92 Å². The number of alkyl halides is 3. The second-order valence-corrected chi connectivity index (χ2v) is 6.29. The van der Waals surface area contributed by atoms with E-state index in [2.05, 4.69) is 15.6 Å². The zero-order valence-corrected chi connectivity index (χ0v) is 14.1. The summed E-state index contributed by atoms with van der Waals surface area (Å²) in [7, 11) is 0. The third-order valence-corrected chi connectivity index (χ3v) is 4.28. The monoisotopic (exact) mass is 355 g/mol. The number of halogens is 3. The molecule has 1 unspecified atom stereocenters. The van der Waals surface area contributed by atoms with E-state index in [1.165, 1.54) is 18.2 Å². The summed E-state index contributed by atoms with van der Waals surface area (Å²) < 4.78 is 40.2. The van der Waals surface area contributed by atoms with E-state index in [1.807, 2.05) is 13.8 Å². The lowest BCUT2D eigenvalue weighted by Gasteiger charge is -2.33. The summed E-state index contributed by atoms with van der Waals surface area (Å²) >= 11 is 0. The third kappa shape index (κ3) is 3.98. The van der Waals surface area contributed by atoms with Crippen molar-refractivity contribution in [2.45, 2.75) is 32.5 Å². The first-order chi connectivity index (χ1) is 11.6. The van der Waals surface area contributed by atoms with Crippen LogP contribution in [0.25, 0.3) is 5.69 Å². The highest BCUT2D eigenvalue weighted by molar-refractivity contribution is 5.92. The van der Waals surface area contributed by atoms with Crippen molar-refractivity contribution in [1.82, 2.24) is 20.3 Å². The minimum absolute atomic E-state index is 0.0578. The maximum absolute atomic E-state index is 13.1. The Labute approximate surface area is 143 Å². The Hall–Kier alpha value is -2.42. The van der Waals surface area contributed by atoms with Gasteiger partial charge in [-0.25, -0.2) is 4.68 Å². The molecule has 0 radical (unpaired) electrons. The van der Waals surface area contributed by atoms with Crippen LogP contribution in [-0.2, 0) is 6.18 Å². The summed E-state index contributed by atoms with van der Waals surface area (Å²) in [5, 5.41) is 10.1. The zero-order valence-electron chi connectivity index (χ0n) is 14.1. The maximum Gasteiger partial charge on any atom is 0.418 e. The molecule has 1 heterocycles. The summed E-state index contributed by atoms with van der Waals surface area (Å²) in [4.78, 5) is 12.3. The summed E-state index contributed by atoms with van der Waals surface area (Å²) in [5.74, 6) is -0.486. The molecule has 1 amide bonds. The van der Waals surface area contributed by atoms with E-state index in [9.17, 15) is 18.0 Å². The van der Waals surface area contributed by atoms with Gasteiger partial charge in [-0.15, -0.1) is 5.10 Å². The van der Waals surface area contributed by atoms with E-state index < -0.39 is 23.2 Å². The summed E-state index contributed by atoms with van der Waals surface area (Å²) in [6, 6.07) is 4.95. The number of nitrogens with two attached hydrogens (primary N) is 1. The van der Waals surface area contributed by atoms with Crippen molar-refractivity contribution in [2.75, 3.05) is 6.54 Å². The Morgan fingerprint density at radius 2 is 1.96 bits per heavy atom. The minimum atomic E-state index is -4.54. The fourth-order valence-corrected chi connectivity index (χ4v) is 2.15. The van der Waals surface area contributed by atoms with Gasteiger partial charge >= 0.3 is 6.18 Å². The predicted octanol–water partition coefficient (Wildman–Crippen LogP) is 2.39. The Morgan fingerprint density at radius 3 is 2.52 bits per heavy atom. The molecule has 0 aliphatic heterocycles. The van der Waals surface area contributed by atoms with E-state index in [-0.39, 0.29) is 23.8 Å². The van der Waals surface area contributed by atoms with Crippen LogP contribution in [0.15, 0.2) is 30.5 Å². The molecular formula is C16H20F3N5O. The normalized spacial score (nSPS) is 14.4. The lowest BCUT2D eigenvalue weighted by Crippen LogP contribution is -2.55. The van der Waals surface area contributed by atoms with Gasteiger partial charge in [0.1, 0.15) is 0 Å². The van der Waals surface area contributed by atoms with E-state index in [0.717, 1.165) is 16.9 Å². The van der Waals surface area contributed by atoms with Crippen molar-refractivity contribution in [1.29, 1.82) is 0 Å². The number of carbonyl (C=O) groups excluding carboxylic acids is 1. The van der Waals surface area contributed by atoms with E-state index >= 15 is 0 Å². The maximum atomic E-state index is 13.1. The molecule has 2 rings (SSSR count). The SMILES string of the molecule is CC(C)C(C)(CN)NC(=O)c1cn(-c2ccccc2C(F)(F)F)nn1. The van der Waals surface area contributed by atoms with Gasteiger partial charge in [-0.1, -0.05) is 31.2 Å². The molecule has 1 aromatic heterocycles. The second-order valence-electron chi connectivity index (χ2n) is 6.29. The van der Waals surface area contributed by atoms with Crippen LogP contribution in [0.2, 0.25) is 0 Å². The smallest absolute Gasteiger partial charge is 0.344 e. The number of rotatable bonds is 5. The van der Waals surface area contributed by atoms with Gasteiger partial charge in [0.05, 0.1) is 23.0 Å². The first kappa shape index (κ1) is 18.9. The summed E-state index contributed by atoms with van der Waals surface area (Å²) in [5.41, 5.74) is 3.91. The summed E-state index contributed by atoms with van der Waals surface area (Å²) in [6.45, 7) is 5.81. The highest BCUT2D eigenvalue weighted by Crippen LogP contribution is 2.33. The highest BCUT2D eigenvalue weighted by atomic mass is 19.4. The molecule has 0 saturated carbocycles. The van der Waals surface area contributed by atoms with Gasteiger partial charge in [0.2, 0.25) is 0 Å². The fraction of sp³-hybridized carbons (Fsp3) is 0.438. The van der Waals surface area contributed by atoms with Gasteiger partial charge in [0, 0.05) is 6.54 Å². The Kier molecular flexibility index (Phi) is 5.17. The van der Waals surface area contributed by atoms with Crippen LogP contribution < -0.4 is 11.1 Å². The molecule has 6 nitrogen and oxygen atoms in total. The van der Waals surface area contributed by atoms with Gasteiger partial charge in [0.25, 0.3) is 5.91 Å². The van der Waals surface area contributed by atoms with E-state index in [4.69, 9.17) is 5.73 Å². The molecule has 9 heteroatoms. The van der Waals surface area contributed by atoms with Crippen molar-refractivity contribution in [3.8, 4) is 5.69 Å². The number of benzene rings is 1. The minimum Gasteiger partial charge on any atom is -0.344 e. The number of amides is 1. The van der Waals surface area contributed by atoms with Crippen LogP contribution in [0.1, 0.15) is 36.8 Å². The van der Waals surface area contributed by atoms with Gasteiger partial charge in [-0.3, -0.25) is 4.79 Å².